The first kappa shape index (κ1) is 15.2. The number of amides is 2. The van der Waals surface area contributed by atoms with Crippen molar-refractivity contribution in [3.05, 3.63) is 59.4 Å². The minimum atomic E-state index is -0.533. The molecule has 1 aliphatic heterocycles. The lowest BCUT2D eigenvalue weighted by Crippen LogP contribution is -2.33. The summed E-state index contributed by atoms with van der Waals surface area (Å²) >= 11 is 0. The average molecular weight is 309 g/mol. The van der Waals surface area contributed by atoms with Crippen LogP contribution in [0.2, 0.25) is 0 Å². The molecule has 0 saturated heterocycles. The highest BCUT2D eigenvalue weighted by atomic mass is 16.2. The van der Waals surface area contributed by atoms with Gasteiger partial charge in [-0.25, -0.2) is 0 Å². The third-order valence-corrected chi connectivity index (χ3v) is 4.33. The Hall–Kier alpha value is -2.69. The topological polar surface area (TPSA) is 62.3 Å². The van der Waals surface area contributed by atoms with Crippen molar-refractivity contribution in [3.8, 4) is 0 Å². The van der Waals surface area contributed by atoms with E-state index in [1.165, 1.54) is 0 Å². The average Bonchev–Trinajstić information content (AvgIpc) is 2.74. The summed E-state index contributed by atoms with van der Waals surface area (Å²) in [6, 6.07) is 9.24. The van der Waals surface area contributed by atoms with E-state index in [1.807, 2.05) is 32.0 Å². The molecule has 0 bridgehead atoms. The first-order chi connectivity index (χ1) is 10.9. The first-order valence-electron chi connectivity index (χ1n) is 7.51. The second-order valence-corrected chi connectivity index (χ2v) is 6.26. The molecule has 118 valence electrons. The van der Waals surface area contributed by atoms with Gasteiger partial charge in [0.2, 0.25) is 5.91 Å². The van der Waals surface area contributed by atoms with E-state index in [4.69, 9.17) is 0 Å². The maximum atomic E-state index is 12.3. The lowest BCUT2D eigenvalue weighted by atomic mass is 9.85. The number of hydrogen-bond donors (Lipinski definition) is 1. The van der Waals surface area contributed by atoms with Crippen LogP contribution in [0.1, 0.15) is 35.3 Å². The van der Waals surface area contributed by atoms with Crippen LogP contribution in [0.4, 0.5) is 5.69 Å². The van der Waals surface area contributed by atoms with Gasteiger partial charge in [-0.15, -0.1) is 0 Å². The molecule has 2 amide bonds. The normalized spacial score (nSPS) is 15.4. The number of nitrogens with zero attached hydrogens (tertiary/aromatic N) is 2. The lowest BCUT2D eigenvalue weighted by molar-refractivity contribution is -0.121. The Labute approximate surface area is 135 Å². The standard InChI is InChI=1S/C18H19N3O2/c1-18(2)14-10-12(4-5-15(14)21(3)17(18)23)11-20-16(22)13-6-8-19-9-7-13/h4-10H,11H2,1-3H3,(H,20,22). The van der Waals surface area contributed by atoms with Crippen molar-refractivity contribution in [1.29, 1.82) is 0 Å². The molecule has 0 aliphatic carbocycles. The number of carbonyl (C=O) groups is 2. The maximum Gasteiger partial charge on any atom is 0.251 e. The molecule has 0 spiro atoms. The van der Waals surface area contributed by atoms with Gasteiger partial charge in [0, 0.05) is 37.2 Å². The Morgan fingerprint density at radius 1 is 1.22 bits per heavy atom. The van der Waals surface area contributed by atoms with Gasteiger partial charge in [0.15, 0.2) is 0 Å². The van der Waals surface area contributed by atoms with Crippen molar-refractivity contribution in [2.75, 3.05) is 11.9 Å². The summed E-state index contributed by atoms with van der Waals surface area (Å²) in [6.45, 7) is 4.27. The number of aromatic nitrogens is 1. The maximum absolute atomic E-state index is 12.3. The quantitative estimate of drug-likeness (QED) is 0.946. The van der Waals surface area contributed by atoms with Crippen molar-refractivity contribution in [2.24, 2.45) is 0 Å². The zero-order valence-electron chi connectivity index (χ0n) is 13.5. The SMILES string of the molecule is CN1C(=O)C(C)(C)c2cc(CNC(=O)c3ccncc3)ccc21. The molecule has 5 heteroatoms. The fourth-order valence-corrected chi connectivity index (χ4v) is 2.92. The van der Waals surface area contributed by atoms with Crippen LogP contribution in [0, 0.1) is 0 Å². The summed E-state index contributed by atoms with van der Waals surface area (Å²) in [7, 11) is 1.79. The van der Waals surface area contributed by atoms with Crippen LogP contribution in [0.3, 0.4) is 0 Å². The summed E-state index contributed by atoms with van der Waals surface area (Å²) in [4.78, 5) is 30.0. The Morgan fingerprint density at radius 2 is 1.91 bits per heavy atom. The number of nitrogens with one attached hydrogen (secondary N) is 1. The van der Waals surface area contributed by atoms with E-state index in [9.17, 15) is 9.59 Å². The third kappa shape index (κ3) is 2.59. The van der Waals surface area contributed by atoms with Crippen molar-refractivity contribution in [1.82, 2.24) is 10.3 Å². The summed E-state index contributed by atoms with van der Waals surface area (Å²) < 4.78 is 0. The highest BCUT2D eigenvalue weighted by Crippen LogP contribution is 2.40. The number of pyridine rings is 1. The van der Waals surface area contributed by atoms with Gasteiger partial charge < -0.3 is 10.2 Å². The second-order valence-electron chi connectivity index (χ2n) is 6.26. The van der Waals surface area contributed by atoms with Gasteiger partial charge in [0.05, 0.1) is 5.41 Å². The molecular formula is C18H19N3O2. The zero-order chi connectivity index (χ0) is 16.6. The van der Waals surface area contributed by atoms with E-state index < -0.39 is 5.41 Å². The van der Waals surface area contributed by atoms with Gasteiger partial charge in [-0.05, 0) is 43.2 Å². The van der Waals surface area contributed by atoms with E-state index in [-0.39, 0.29) is 11.8 Å². The van der Waals surface area contributed by atoms with E-state index in [2.05, 4.69) is 10.3 Å². The molecule has 23 heavy (non-hydrogen) atoms. The van der Waals surface area contributed by atoms with Crippen LogP contribution in [-0.4, -0.2) is 23.8 Å². The minimum Gasteiger partial charge on any atom is -0.348 e. The summed E-state index contributed by atoms with van der Waals surface area (Å²) in [5.41, 5.74) is 2.96. The fraction of sp³-hybridized carbons (Fsp3) is 0.278. The van der Waals surface area contributed by atoms with Crippen LogP contribution in [0.25, 0.3) is 0 Å². The highest BCUT2D eigenvalue weighted by molar-refractivity contribution is 6.07. The zero-order valence-corrected chi connectivity index (χ0v) is 13.5. The largest absolute Gasteiger partial charge is 0.348 e. The summed E-state index contributed by atoms with van der Waals surface area (Å²) in [5.74, 6) is -0.0502. The number of hydrogen-bond acceptors (Lipinski definition) is 3. The van der Waals surface area contributed by atoms with Gasteiger partial charge in [-0.2, -0.15) is 0 Å². The molecule has 1 aromatic heterocycles. The van der Waals surface area contributed by atoms with Gasteiger partial charge in [0.25, 0.3) is 5.91 Å². The van der Waals surface area contributed by atoms with E-state index in [0.717, 1.165) is 16.8 Å². The fourth-order valence-electron chi connectivity index (χ4n) is 2.92. The molecule has 3 rings (SSSR count). The van der Waals surface area contributed by atoms with Crippen LogP contribution in [0.5, 0.6) is 0 Å². The van der Waals surface area contributed by atoms with Gasteiger partial charge >= 0.3 is 0 Å². The Kier molecular flexibility index (Phi) is 3.64. The molecule has 2 heterocycles. The third-order valence-electron chi connectivity index (χ3n) is 4.33. The number of benzene rings is 1. The molecule has 5 nitrogen and oxygen atoms in total. The van der Waals surface area contributed by atoms with Crippen molar-refractivity contribution >= 4 is 17.5 Å². The molecule has 0 fully saturated rings. The highest BCUT2D eigenvalue weighted by Gasteiger charge is 2.42. The molecule has 2 aromatic rings. The number of carbonyl (C=O) groups excluding carboxylic acids is 2. The Bertz CT molecular complexity index is 769. The number of fused-ring (bicyclic) bond motifs is 1. The van der Waals surface area contributed by atoms with Crippen molar-refractivity contribution in [2.45, 2.75) is 25.8 Å². The van der Waals surface area contributed by atoms with E-state index in [1.54, 1.807) is 36.5 Å². The van der Waals surface area contributed by atoms with Gasteiger partial charge in [0.1, 0.15) is 0 Å². The van der Waals surface area contributed by atoms with E-state index in [0.29, 0.717) is 12.1 Å². The molecule has 0 radical (unpaired) electrons. The monoisotopic (exact) mass is 309 g/mol. The number of likely N-dealkylation sites (N-methyl/N-ethyl adjacent to an activating group) is 1. The van der Waals surface area contributed by atoms with Crippen LogP contribution in [-0.2, 0) is 16.8 Å². The molecule has 1 N–H and O–H groups in total. The van der Waals surface area contributed by atoms with Gasteiger partial charge in [-0.3, -0.25) is 14.6 Å². The summed E-state index contributed by atoms with van der Waals surface area (Å²) in [5, 5.41) is 2.89. The van der Waals surface area contributed by atoms with Crippen LogP contribution < -0.4 is 10.2 Å². The second kappa shape index (κ2) is 5.50. The summed E-state index contributed by atoms with van der Waals surface area (Å²) in [6.07, 6.45) is 3.18. The molecule has 1 aliphatic rings. The number of rotatable bonds is 3. The van der Waals surface area contributed by atoms with Crippen LogP contribution in [0.15, 0.2) is 42.7 Å². The minimum absolute atomic E-state index is 0.0884. The molecular weight excluding hydrogens is 290 g/mol. The number of anilines is 1. The predicted molar refractivity (Wildman–Crippen MR) is 88.3 cm³/mol. The van der Waals surface area contributed by atoms with Crippen molar-refractivity contribution < 1.29 is 9.59 Å². The molecule has 1 aromatic carbocycles. The smallest absolute Gasteiger partial charge is 0.251 e. The first-order valence-corrected chi connectivity index (χ1v) is 7.51. The van der Waals surface area contributed by atoms with Crippen molar-refractivity contribution in [3.63, 3.8) is 0 Å². The van der Waals surface area contributed by atoms with Crippen LogP contribution >= 0.6 is 0 Å². The van der Waals surface area contributed by atoms with Gasteiger partial charge in [-0.1, -0.05) is 12.1 Å². The molecule has 0 atom stereocenters. The van der Waals surface area contributed by atoms with E-state index >= 15 is 0 Å². The molecule has 0 unspecified atom stereocenters. The lowest BCUT2D eigenvalue weighted by Gasteiger charge is -2.16. The Morgan fingerprint density at radius 3 is 2.61 bits per heavy atom. The predicted octanol–water partition coefficient (Wildman–Crippen LogP) is 2.27. The Balaban J connectivity index is 1.78. The molecule has 0 saturated carbocycles.